The smallest absolute Gasteiger partial charge is 0.0442 e. The van der Waals surface area contributed by atoms with Gasteiger partial charge in [-0.1, -0.05) is 69.2 Å². The molecule has 2 aliphatic rings. The number of nitrogens with zero attached hydrogens (tertiary/aromatic N) is 1. The van der Waals surface area contributed by atoms with Crippen molar-refractivity contribution in [2.75, 3.05) is 11.9 Å². The van der Waals surface area contributed by atoms with E-state index >= 15 is 0 Å². The molecule has 28 heavy (non-hydrogen) atoms. The molecule has 0 spiro atoms. The highest BCUT2D eigenvalue weighted by atomic mass is 15.2. The van der Waals surface area contributed by atoms with Crippen LogP contribution < -0.4 is 4.90 Å². The first-order chi connectivity index (χ1) is 12.2. The van der Waals surface area contributed by atoms with Crippen molar-refractivity contribution < 1.29 is 0 Å². The molecule has 0 amide bonds. The van der Waals surface area contributed by atoms with E-state index in [-0.39, 0.29) is 32.6 Å². The summed E-state index contributed by atoms with van der Waals surface area (Å²) in [5.41, 5.74) is 10.1. The SMILES string of the molecule is Cc1c2c(c(C)c3c1C(C)(C)C(C)(C)C(C)(C)C3(C)C)C(C)(C)C(C)(C)N2C. The molecule has 1 heterocycles. The van der Waals surface area contributed by atoms with E-state index in [9.17, 15) is 0 Å². The first kappa shape index (κ1) is 21.7. The molecule has 0 radical (unpaired) electrons. The Morgan fingerprint density at radius 1 is 0.500 bits per heavy atom. The van der Waals surface area contributed by atoms with Crippen molar-refractivity contribution in [2.45, 2.75) is 119 Å². The first-order valence-electron chi connectivity index (χ1n) is 11.1. The van der Waals surface area contributed by atoms with Crippen LogP contribution in [0.5, 0.6) is 0 Å². The van der Waals surface area contributed by atoms with Gasteiger partial charge in [-0.15, -0.1) is 0 Å². The van der Waals surface area contributed by atoms with Crippen molar-refractivity contribution in [3.8, 4) is 0 Å². The zero-order valence-electron chi connectivity index (χ0n) is 21.4. The van der Waals surface area contributed by atoms with Gasteiger partial charge in [-0.05, 0) is 77.2 Å². The van der Waals surface area contributed by atoms with Crippen LogP contribution in [0.2, 0.25) is 0 Å². The molecule has 1 aromatic rings. The fourth-order valence-corrected chi connectivity index (χ4v) is 6.92. The molecule has 1 nitrogen and oxygen atoms in total. The first-order valence-corrected chi connectivity index (χ1v) is 11.1. The van der Waals surface area contributed by atoms with Crippen LogP contribution in [0.4, 0.5) is 5.69 Å². The quantitative estimate of drug-likeness (QED) is 0.450. The van der Waals surface area contributed by atoms with Crippen molar-refractivity contribution >= 4 is 5.69 Å². The molecule has 0 bridgehead atoms. The van der Waals surface area contributed by atoms with Gasteiger partial charge < -0.3 is 4.90 Å². The molecule has 3 rings (SSSR count). The van der Waals surface area contributed by atoms with Crippen LogP contribution in [0.25, 0.3) is 0 Å². The summed E-state index contributed by atoms with van der Waals surface area (Å²) in [4.78, 5) is 2.57. The molecule has 1 aliphatic heterocycles. The standard InChI is InChI=1S/C27H45N/c1-16-18-19(23(5,6)26(11,12)25(9,10)22(18,3)4)17(2)21-20(16)24(7,8)27(13,14)28(21)15/h1-15H3. The number of hydrogen-bond donors (Lipinski definition) is 0. The number of hydrogen-bond acceptors (Lipinski definition) is 1. The Bertz CT molecular complexity index is 859. The zero-order valence-corrected chi connectivity index (χ0v) is 21.4. The highest BCUT2D eigenvalue weighted by Crippen LogP contribution is 2.68. The number of benzene rings is 1. The van der Waals surface area contributed by atoms with Crippen LogP contribution in [-0.2, 0) is 16.2 Å². The Kier molecular flexibility index (Phi) is 4.03. The van der Waals surface area contributed by atoms with Crippen LogP contribution >= 0.6 is 0 Å². The lowest BCUT2D eigenvalue weighted by Gasteiger charge is -2.65. The number of anilines is 1. The molecule has 0 aromatic heterocycles. The maximum Gasteiger partial charge on any atom is 0.0442 e. The third kappa shape index (κ3) is 1.91. The third-order valence-corrected chi connectivity index (χ3v) is 11.2. The van der Waals surface area contributed by atoms with Gasteiger partial charge in [0.05, 0.1) is 0 Å². The van der Waals surface area contributed by atoms with E-state index in [0.717, 1.165) is 0 Å². The van der Waals surface area contributed by atoms with Gasteiger partial charge in [-0.25, -0.2) is 0 Å². The van der Waals surface area contributed by atoms with Crippen molar-refractivity contribution in [3.63, 3.8) is 0 Å². The lowest BCUT2D eigenvalue weighted by Crippen LogP contribution is -2.60. The second-order valence-electron chi connectivity index (χ2n) is 13.0. The average Bonchev–Trinajstić information content (AvgIpc) is 2.66. The molecule has 1 aliphatic carbocycles. The second-order valence-corrected chi connectivity index (χ2v) is 13.0. The molecule has 1 heteroatoms. The summed E-state index contributed by atoms with van der Waals surface area (Å²) in [5.74, 6) is 0. The van der Waals surface area contributed by atoms with Gasteiger partial charge in [0.2, 0.25) is 0 Å². The summed E-state index contributed by atoms with van der Waals surface area (Å²) in [6.45, 7) is 34.5. The zero-order chi connectivity index (χ0) is 22.0. The summed E-state index contributed by atoms with van der Waals surface area (Å²) in [6, 6.07) is 0. The van der Waals surface area contributed by atoms with Crippen LogP contribution in [-0.4, -0.2) is 12.6 Å². The fraction of sp³-hybridized carbons (Fsp3) is 0.778. The van der Waals surface area contributed by atoms with Gasteiger partial charge in [-0.3, -0.25) is 0 Å². The number of rotatable bonds is 0. The molecule has 0 fully saturated rings. The topological polar surface area (TPSA) is 3.24 Å². The molecule has 0 saturated carbocycles. The van der Waals surface area contributed by atoms with Crippen LogP contribution in [0, 0.1) is 24.7 Å². The maximum atomic E-state index is 2.57. The Morgan fingerprint density at radius 3 is 1.25 bits per heavy atom. The average molecular weight is 384 g/mol. The maximum absolute atomic E-state index is 2.57. The number of fused-ring (bicyclic) bond motifs is 2. The Labute approximate surface area is 175 Å². The van der Waals surface area contributed by atoms with Gasteiger partial charge in [0, 0.05) is 23.7 Å². The monoisotopic (exact) mass is 383 g/mol. The van der Waals surface area contributed by atoms with E-state index in [0.29, 0.717) is 0 Å². The van der Waals surface area contributed by atoms with E-state index in [4.69, 9.17) is 0 Å². The van der Waals surface area contributed by atoms with Crippen LogP contribution in [0.15, 0.2) is 0 Å². The van der Waals surface area contributed by atoms with Crippen molar-refractivity contribution in [1.29, 1.82) is 0 Å². The summed E-state index contributed by atoms with van der Waals surface area (Å²) in [5, 5.41) is 0. The Hall–Kier alpha value is -0.980. The molecule has 0 N–H and O–H groups in total. The van der Waals surface area contributed by atoms with E-state index in [1.165, 1.54) is 11.3 Å². The molecule has 0 saturated heterocycles. The predicted molar refractivity (Wildman–Crippen MR) is 125 cm³/mol. The van der Waals surface area contributed by atoms with Gasteiger partial charge in [0.1, 0.15) is 0 Å². The predicted octanol–water partition coefficient (Wildman–Crippen LogP) is 7.43. The van der Waals surface area contributed by atoms with E-state index in [1.807, 2.05) is 0 Å². The molecule has 158 valence electrons. The van der Waals surface area contributed by atoms with E-state index in [2.05, 4.69) is 109 Å². The molecular formula is C27H45N. The molecule has 0 atom stereocenters. The molecule has 1 aromatic carbocycles. The molecular weight excluding hydrogens is 338 g/mol. The summed E-state index contributed by atoms with van der Waals surface area (Å²) in [7, 11) is 2.31. The van der Waals surface area contributed by atoms with Crippen molar-refractivity contribution in [3.05, 3.63) is 27.8 Å². The number of likely N-dealkylation sites (N-methyl/N-ethyl adjacent to an activating group) is 1. The third-order valence-electron chi connectivity index (χ3n) is 11.2. The van der Waals surface area contributed by atoms with Crippen LogP contribution in [0.1, 0.15) is 111 Å². The Balaban J connectivity index is 2.60. The lowest BCUT2D eigenvalue weighted by atomic mass is 9.39. The van der Waals surface area contributed by atoms with E-state index in [1.54, 1.807) is 22.3 Å². The normalized spacial score (nSPS) is 27.3. The second kappa shape index (κ2) is 5.19. The summed E-state index contributed by atoms with van der Waals surface area (Å²) >= 11 is 0. The van der Waals surface area contributed by atoms with Gasteiger partial charge in [0.15, 0.2) is 0 Å². The van der Waals surface area contributed by atoms with Crippen molar-refractivity contribution in [1.82, 2.24) is 0 Å². The van der Waals surface area contributed by atoms with E-state index < -0.39 is 0 Å². The van der Waals surface area contributed by atoms with Gasteiger partial charge >= 0.3 is 0 Å². The van der Waals surface area contributed by atoms with Crippen molar-refractivity contribution in [2.24, 2.45) is 10.8 Å². The minimum atomic E-state index is 0.0914. The lowest BCUT2D eigenvalue weighted by molar-refractivity contribution is -0.0448. The van der Waals surface area contributed by atoms with Gasteiger partial charge in [0.25, 0.3) is 0 Å². The summed E-state index contributed by atoms with van der Waals surface area (Å²) in [6.07, 6.45) is 0. The highest BCUT2D eigenvalue weighted by molar-refractivity contribution is 5.77. The van der Waals surface area contributed by atoms with Gasteiger partial charge in [-0.2, -0.15) is 0 Å². The molecule has 0 unspecified atom stereocenters. The highest BCUT2D eigenvalue weighted by Gasteiger charge is 2.63. The Morgan fingerprint density at radius 2 is 0.857 bits per heavy atom. The fourth-order valence-electron chi connectivity index (χ4n) is 6.92. The minimum absolute atomic E-state index is 0.0914. The largest absolute Gasteiger partial charge is 0.368 e. The van der Waals surface area contributed by atoms with Crippen LogP contribution in [0.3, 0.4) is 0 Å². The summed E-state index contributed by atoms with van der Waals surface area (Å²) < 4.78 is 0. The minimum Gasteiger partial charge on any atom is -0.368 e.